The Balaban J connectivity index is 1.80. The Morgan fingerprint density at radius 3 is 2.34 bits per heavy atom. The van der Waals surface area contributed by atoms with Crippen molar-refractivity contribution < 1.29 is 32.2 Å². The Morgan fingerprint density at radius 1 is 0.969 bits per heavy atom. The number of rotatable bonds is 12. The van der Waals surface area contributed by atoms with Crippen LogP contribution >= 0.6 is 0 Å². The number of esters is 1. The van der Waals surface area contributed by atoms with Crippen molar-refractivity contribution in [3.05, 3.63) is 59.5 Å². The molecular formula is C22H26N2O7S. The topological polar surface area (TPSA) is 120 Å². The normalized spacial score (nSPS) is 11.2. The van der Waals surface area contributed by atoms with Crippen molar-refractivity contribution >= 4 is 33.7 Å². The number of hydrogen-bond acceptors (Lipinski definition) is 7. The summed E-state index contributed by atoms with van der Waals surface area (Å²) in [5, 5.41) is 3.52. The maximum absolute atomic E-state index is 12.0. The third-order valence-electron chi connectivity index (χ3n) is 3.85. The van der Waals surface area contributed by atoms with Gasteiger partial charge < -0.3 is 19.5 Å². The lowest BCUT2D eigenvalue weighted by molar-refractivity contribution is -0.146. The van der Waals surface area contributed by atoms with Gasteiger partial charge in [0.25, 0.3) is 5.91 Å². The lowest BCUT2D eigenvalue weighted by atomic mass is 10.2. The molecule has 172 valence electrons. The van der Waals surface area contributed by atoms with Gasteiger partial charge in [-0.2, -0.15) is 0 Å². The summed E-state index contributed by atoms with van der Waals surface area (Å²) in [7, 11) is -3.84. The molecule has 0 radical (unpaired) electrons. The van der Waals surface area contributed by atoms with Gasteiger partial charge in [0.2, 0.25) is 10.0 Å². The summed E-state index contributed by atoms with van der Waals surface area (Å²) in [6, 6.07) is 13.7. The fourth-order valence-corrected chi connectivity index (χ4v) is 3.21. The molecule has 0 saturated heterocycles. The van der Waals surface area contributed by atoms with Crippen LogP contribution in [0, 0.1) is 0 Å². The van der Waals surface area contributed by atoms with Crippen LogP contribution in [-0.4, -0.2) is 46.7 Å². The summed E-state index contributed by atoms with van der Waals surface area (Å²) in [5.74, 6) is -0.454. The lowest BCUT2D eigenvalue weighted by Crippen LogP contribution is -2.31. The van der Waals surface area contributed by atoms with E-state index in [0.29, 0.717) is 36.0 Å². The molecule has 0 fully saturated rings. The van der Waals surface area contributed by atoms with E-state index in [4.69, 9.17) is 14.2 Å². The largest absolute Gasteiger partial charge is 0.490 e. The number of carbonyl (C=O) groups excluding carboxylic acids is 2. The molecule has 0 bridgehead atoms. The zero-order valence-electron chi connectivity index (χ0n) is 17.9. The first kappa shape index (κ1) is 24.9. The first-order chi connectivity index (χ1) is 15.3. The molecule has 0 aliphatic carbocycles. The van der Waals surface area contributed by atoms with Gasteiger partial charge in [-0.05, 0) is 37.6 Å². The van der Waals surface area contributed by atoms with E-state index in [2.05, 4.69) is 10.0 Å². The highest BCUT2D eigenvalue weighted by molar-refractivity contribution is 7.92. The van der Waals surface area contributed by atoms with Crippen LogP contribution in [0.5, 0.6) is 11.5 Å². The van der Waals surface area contributed by atoms with Gasteiger partial charge in [-0.3, -0.25) is 9.59 Å². The fourth-order valence-electron chi connectivity index (χ4n) is 2.46. The second-order valence-electron chi connectivity index (χ2n) is 6.32. The van der Waals surface area contributed by atoms with Gasteiger partial charge in [0.15, 0.2) is 18.1 Å². The summed E-state index contributed by atoms with van der Waals surface area (Å²) < 4.78 is 41.7. The van der Waals surface area contributed by atoms with E-state index in [1.54, 1.807) is 42.5 Å². The van der Waals surface area contributed by atoms with Crippen LogP contribution in [0.4, 0.5) is 5.69 Å². The average molecular weight is 463 g/mol. The predicted octanol–water partition coefficient (Wildman–Crippen LogP) is 2.56. The zero-order valence-corrected chi connectivity index (χ0v) is 18.7. The van der Waals surface area contributed by atoms with E-state index >= 15 is 0 Å². The molecule has 32 heavy (non-hydrogen) atoms. The fraction of sp³-hybridized carbons (Fsp3) is 0.273. The maximum atomic E-state index is 12.0. The molecule has 2 aromatic rings. The van der Waals surface area contributed by atoms with Crippen molar-refractivity contribution in [2.24, 2.45) is 0 Å². The van der Waals surface area contributed by atoms with Crippen molar-refractivity contribution in [3.8, 4) is 11.5 Å². The van der Waals surface area contributed by atoms with Crippen LogP contribution < -0.4 is 19.5 Å². The number of nitrogens with one attached hydrogen (secondary N) is 2. The van der Waals surface area contributed by atoms with E-state index in [1.165, 1.54) is 6.08 Å². The summed E-state index contributed by atoms with van der Waals surface area (Å²) >= 11 is 0. The molecule has 0 aromatic heterocycles. The second kappa shape index (κ2) is 12.5. The average Bonchev–Trinajstić information content (AvgIpc) is 2.78. The molecule has 0 atom stereocenters. The zero-order chi connectivity index (χ0) is 23.4. The van der Waals surface area contributed by atoms with Gasteiger partial charge in [0.1, 0.15) is 6.54 Å². The van der Waals surface area contributed by atoms with E-state index in [-0.39, 0.29) is 0 Å². The molecule has 0 aliphatic heterocycles. The van der Waals surface area contributed by atoms with Crippen molar-refractivity contribution in [1.29, 1.82) is 0 Å². The number of carbonyl (C=O) groups is 2. The highest BCUT2D eigenvalue weighted by atomic mass is 32.2. The molecular weight excluding hydrogens is 436 g/mol. The Kier molecular flexibility index (Phi) is 9.71. The quantitative estimate of drug-likeness (QED) is 0.465. The van der Waals surface area contributed by atoms with Gasteiger partial charge in [-0.1, -0.05) is 30.3 Å². The van der Waals surface area contributed by atoms with Crippen LogP contribution in [0.15, 0.2) is 53.9 Å². The van der Waals surface area contributed by atoms with Crippen molar-refractivity contribution in [1.82, 2.24) is 4.72 Å². The number of hydrogen-bond donors (Lipinski definition) is 2. The number of anilines is 1. The van der Waals surface area contributed by atoms with Crippen LogP contribution in [0.2, 0.25) is 0 Å². The van der Waals surface area contributed by atoms with Crippen LogP contribution in [0.25, 0.3) is 6.08 Å². The molecule has 0 saturated carbocycles. The van der Waals surface area contributed by atoms with E-state index in [1.807, 2.05) is 19.9 Å². The van der Waals surface area contributed by atoms with E-state index in [0.717, 1.165) is 5.41 Å². The minimum absolute atomic E-state index is 0.422. The number of sulfonamides is 1. The molecule has 0 aliphatic rings. The summed E-state index contributed by atoms with van der Waals surface area (Å²) in [4.78, 5) is 23.8. The van der Waals surface area contributed by atoms with Crippen molar-refractivity contribution in [2.75, 3.05) is 31.7 Å². The van der Waals surface area contributed by atoms with Crippen molar-refractivity contribution in [2.45, 2.75) is 13.8 Å². The Hall–Kier alpha value is -3.37. The Morgan fingerprint density at radius 2 is 1.66 bits per heavy atom. The third-order valence-corrected chi connectivity index (χ3v) is 4.89. The number of ether oxygens (including phenoxy) is 3. The van der Waals surface area contributed by atoms with Crippen LogP contribution in [0.3, 0.4) is 0 Å². The number of amides is 1. The minimum Gasteiger partial charge on any atom is -0.490 e. The first-order valence-corrected chi connectivity index (χ1v) is 11.5. The SMILES string of the molecule is CCOc1ccc(NC(=O)COC(=O)CNS(=O)(=O)/C=C/c2ccccc2)cc1OCC. The first-order valence-electron chi connectivity index (χ1n) is 9.91. The third kappa shape index (κ3) is 8.78. The molecule has 2 rings (SSSR count). The summed E-state index contributed by atoms with van der Waals surface area (Å²) in [6.07, 6.45) is 1.40. The molecule has 1 amide bonds. The second-order valence-corrected chi connectivity index (χ2v) is 7.97. The highest BCUT2D eigenvalue weighted by Crippen LogP contribution is 2.30. The standard InChI is InChI=1S/C22H26N2O7S/c1-3-29-19-11-10-18(14-20(19)30-4-2)24-21(25)16-31-22(26)15-23-32(27,28)13-12-17-8-6-5-7-9-17/h5-14,23H,3-4,15-16H2,1-2H3,(H,24,25)/b13-12+. The van der Waals surface area contributed by atoms with Crippen LogP contribution in [0.1, 0.15) is 19.4 Å². The van der Waals surface area contributed by atoms with Gasteiger partial charge in [0.05, 0.1) is 13.2 Å². The summed E-state index contributed by atoms with van der Waals surface area (Å²) in [6.45, 7) is 3.38. The molecule has 2 aromatic carbocycles. The van der Waals surface area contributed by atoms with Gasteiger partial charge in [-0.25, -0.2) is 13.1 Å². The minimum atomic E-state index is -3.84. The van der Waals surface area contributed by atoms with E-state index in [9.17, 15) is 18.0 Å². The molecule has 0 heterocycles. The Labute approximate surface area is 187 Å². The van der Waals surface area contributed by atoms with Gasteiger partial charge in [-0.15, -0.1) is 0 Å². The smallest absolute Gasteiger partial charge is 0.321 e. The van der Waals surface area contributed by atoms with Crippen LogP contribution in [-0.2, 0) is 24.3 Å². The monoisotopic (exact) mass is 462 g/mol. The molecule has 2 N–H and O–H groups in total. The summed E-state index contributed by atoms with van der Waals surface area (Å²) in [5.41, 5.74) is 1.13. The molecule has 9 nitrogen and oxygen atoms in total. The molecule has 10 heteroatoms. The van der Waals surface area contributed by atoms with Crippen molar-refractivity contribution in [3.63, 3.8) is 0 Å². The molecule has 0 spiro atoms. The van der Waals surface area contributed by atoms with Gasteiger partial charge >= 0.3 is 5.97 Å². The van der Waals surface area contributed by atoms with E-state index < -0.39 is 35.1 Å². The highest BCUT2D eigenvalue weighted by Gasteiger charge is 2.13. The Bertz CT molecular complexity index is 1040. The number of benzene rings is 2. The predicted molar refractivity (Wildman–Crippen MR) is 121 cm³/mol. The van der Waals surface area contributed by atoms with Gasteiger partial charge in [0, 0.05) is 17.2 Å². The molecule has 0 unspecified atom stereocenters. The maximum Gasteiger partial charge on any atom is 0.321 e. The lowest BCUT2D eigenvalue weighted by Gasteiger charge is -2.13.